The van der Waals surface area contributed by atoms with Crippen LogP contribution in [0.2, 0.25) is 0 Å². The van der Waals surface area contributed by atoms with Gasteiger partial charge in [-0.2, -0.15) is 5.26 Å². The predicted octanol–water partition coefficient (Wildman–Crippen LogP) is 4.73. The van der Waals surface area contributed by atoms with E-state index in [1.807, 2.05) is 29.3 Å². The van der Waals surface area contributed by atoms with Gasteiger partial charge in [0.1, 0.15) is 11.9 Å². The molecule has 1 heterocycles. The molecular formula is C25H24ClN3O2. The number of hydrogen-bond acceptors (Lipinski definition) is 5. The van der Waals surface area contributed by atoms with Gasteiger partial charge in [-0.25, -0.2) is 0 Å². The Kier molecular flexibility index (Phi) is 6.37. The van der Waals surface area contributed by atoms with Crippen molar-refractivity contribution >= 4 is 17.3 Å². The fraction of sp³-hybridized carbons (Fsp3) is 0.320. The average molecular weight is 434 g/mol. The molecule has 3 aliphatic rings. The van der Waals surface area contributed by atoms with Crippen LogP contribution in [0.3, 0.4) is 0 Å². The fourth-order valence-electron chi connectivity index (χ4n) is 4.00. The molecule has 0 saturated heterocycles. The number of aliphatic hydroxyl groups excluding tert-OH is 1. The topological polar surface area (TPSA) is 68.5 Å². The zero-order valence-electron chi connectivity index (χ0n) is 17.4. The monoisotopic (exact) mass is 433 g/mol. The molecule has 1 aromatic carbocycles. The van der Waals surface area contributed by atoms with Crippen LogP contribution in [0.1, 0.15) is 49.8 Å². The minimum atomic E-state index is -0.643. The third-order valence-corrected chi connectivity index (χ3v) is 5.98. The predicted molar refractivity (Wildman–Crippen MR) is 122 cm³/mol. The molecule has 2 atom stereocenters. The van der Waals surface area contributed by atoms with Crippen LogP contribution in [0, 0.1) is 23.3 Å². The van der Waals surface area contributed by atoms with Crippen molar-refractivity contribution in [3.8, 4) is 18.0 Å². The third-order valence-electron chi connectivity index (χ3n) is 5.62. The molecule has 2 N–H and O–H groups in total. The molecule has 6 heteroatoms. The molecule has 0 amide bonds. The lowest BCUT2D eigenvalue weighted by molar-refractivity contribution is 0.138. The molecule has 0 radical (unpaired) electrons. The normalized spacial score (nSPS) is 21.7. The third kappa shape index (κ3) is 4.64. The molecule has 2 aliphatic carbocycles. The van der Waals surface area contributed by atoms with E-state index in [2.05, 4.69) is 35.6 Å². The lowest BCUT2D eigenvalue weighted by Gasteiger charge is -2.27. The second-order valence-electron chi connectivity index (χ2n) is 7.72. The molecule has 0 spiro atoms. The van der Waals surface area contributed by atoms with Crippen LogP contribution in [-0.2, 0) is 4.74 Å². The van der Waals surface area contributed by atoms with Crippen LogP contribution in [0.4, 0.5) is 5.69 Å². The van der Waals surface area contributed by atoms with Crippen molar-refractivity contribution in [2.45, 2.75) is 44.8 Å². The van der Waals surface area contributed by atoms with E-state index in [1.54, 1.807) is 13.0 Å². The Morgan fingerprint density at radius 1 is 1.39 bits per heavy atom. The van der Waals surface area contributed by atoms with Crippen LogP contribution in [0.25, 0.3) is 0 Å². The Balaban J connectivity index is 1.62. The summed E-state index contributed by atoms with van der Waals surface area (Å²) >= 11 is 6.15. The number of hydrogen-bond donors (Lipinski definition) is 2. The lowest BCUT2D eigenvalue weighted by Crippen LogP contribution is -2.36. The van der Waals surface area contributed by atoms with Crippen LogP contribution in [0.15, 0.2) is 64.4 Å². The van der Waals surface area contributed by atoms with Gasteiger partial charge in [0.2, 0.25) is 0 Å². The van der Waals surface area contributed by atoms with Gasteiger partial charge in [-0.3, -0.25) is 10.4 Å². The Morgan fingerprint density at radius 2 is 2.26 bits per heavy atom. The first-order valence-electron chi connectivity index (χ1n) is 10.4. The Bertz CT molecular complexity index is 1100. The van der Waals surface area contributed by atoms with E-state index in [4.69, 9.17) is 16.3 Å². The standard InChI is InChI=1S/C25H24ClN3O2/c1-2-11-28-29(16-17-7-10-23(30)22(26)12-17)20-9-8-19(15-27)21(14-20)25-13-18-5-3-4-6-24(18)31-25/h3,5,7-9,12,14,23,25,28,30H,4,6,10,13,16H2,1H3. The average Bonchev–Trinajstić information content (AvgIpc) is 3.23. The van der Waals surface area contributed by atoms with Crippen molar-refractivity contribution in [2.75, 3.05) is 11.6 Å². The first-order valence-corrected chi connectivity index (χ1v) is 10.7. The van der Waals surface area contributed by atoms with Gasteiger partial charge in [-0.15, -0.1) is 0 Å². The Morgan fingerprint density at radius 3 is 3.00 bits per heavy atom. The number of benzene rings is 1. The maximum absolute atomic E-state index is 9.84. The summed E-state index contributed by atoms with van der Waals surface area (Å²) in [5, 5.41) is 21.9. The first kappa shape index (κ1) is 21.1. The largest absolute Gasteiger partial charge is 0.489 e. The number of anilines is 1. The van der Waals surface area contributed by atoms with Gasteiger partial charge in [0.15, 0.2) is 0 Å². The lowest BCUT2D eigenvalue weighted by atomic mass is 9.96. The smallest absolute Gasteiger partial charge is 0.129 e. The molecule has 158 valence electrons. The molecule has 0 bridgehead atoms. The van der Waals surface area contributed by atoms with Gasteiger partial charge in [0, 0.05) is 29.5 Å². The van der Waals surface area contributed by atoms with E-state index in [1.165, 1.54) is 5.57 Å². The highest BCUT2D eigenvalue weighted by atomic mass is 35.5. The Labute approximate surface area is 187 Å². The summed E-state index contributed by atoms with van der Waals surface area (Å²) in [5.41, 5.74) is 7.68. The maximum atomic E-state index is 9.84. The van der Waals surface area contributed by atoms with Crippen LogP contribution < -0.4 is 10.4 Å². The summed E-state index contributed by atoms with van der Waals surface area (Å²) in [6, 6.07) is 10.9. The molecular weight excluding hydrogens is 410 g/mol. The Hall–Kier alpha value is -3.12. The fourth-order valence-corrected chi connectivity index (χ4v) is 4.23. The molecule has 5 nitrogen and oxygen atoms in total. The van der Waals surface area contributed by atoms with E-state index in [0.717, 1.165) is 41.8 Å². The molecule has 0 aromatic heterocycles. The van der Waals surface area contributed by atoms with Crippen molar-refractivity contribution in [1.29, 1.82) is 5.26 Å². The van der Waals surface area contributed by atoms with Crippen molar-refractivity contribution in [3.63, 3.8) is 0 Å². The van der Waals surface area contributed by atoms with Crippen LogP contribution in [-0.4, -0.2) is 17.8 Å². The van der Waals surface area contributed by atoms with Gasteiger partial charge in [0.05, 0.1) is 30.0 Å². The van der Waals surface area contributed by atoms with Gasteiger partial charge >= 0.3 is 0 Å². The number of halogens is 1. The minimum absolute atomic E-state index is 0.167. The maximum Gasteiger partial charge on any atom is 0.129 e. The summed E-state index contributed by atoms with van der Waals surface area (Å²) in [6.07, 6.45) is 10.4. The first-order chi connectivity index (χ1) is 15.1. The number of nitrogens with zero attached hydrogens (tertiary/aromatic N) is 2. The summed E-state index contributed by atoms with van der Waals surface area (Å²) in [7, 11) is 0. The molecule has 31 heavy (non-hydrogen) atoms. The molecule has 4 rings (SSSR count). The zero-order valence-corrected chi connectivity index (χ0v) is 18.1. The van der Waals surface area contributed by atoms with Gasteiger partial charge in [-0.05, 0) is 55.2 Å². The number of ether oxygens (including phenoxy) is 1. The number of nitriles is 1. The summed E-state index contributed by atoms with van der Waals surface area (Å²) in [6.45, 7) is 2.27. The molecule has 2 unspecified atom stereocenters. The number of allylic oxidation sites excluding steroid dienone is 3. The van der Waals surface area contributed by atoms with Crippen LogP contribution in [0.5, 0.6) is 0 Å². The second-order valence-corrected chi connectivity index (χ2v) is 8.15. The zero-order chi connectivity index (χ0) is 21.8. The molecule has 0 saturated carbocycles. The molecule has 1 aromatic rings. The van der Waals surface area contributed by atoms with Crippen LogP contribution >= 0.6 is 11.6 Å². The van der Waals surface area contributed by atoms with E-state index in [-0.39, 0.29) is 6.10 Å². The number of hydrazine groups is 1. The highest BCUT2D eigenvalue weighted by molar-refractivity contribution is 6.30. The summed E-state index contributed by atoms with van der Waals surface area (Å²) in [4.78, 5) is 0. The van der Waals surface area contributed by atoms with E-state index in [0.29, 0.717) is 23.6 Å². The van der Waals surface area contributed by atoms with Crippen molar-refractivity contribution in [3.05, 3.63) is 75.6 Å². The highest BCUT2D eigenvalue weighted by Crippen LogP contribution is 2.42. The number of nitrogens with one attached hydrogen (secondary N) is 1. The number of rotatable bonds is 5. The second kappa shape index (κ2) is 9.35. The minimum Gasteiger partial charge on any atom is -0.489 e. The molecule has 1 aliphatic heterocycles. The van der Waals surface area contributed by atoms with E-state index in [9.17, 15) is 10.4 Å². The van der Waals surface area contributed by atoms with Gasteiger partial charge in [0.25, 0.3) is 0 Å². The van der Waals surface area contributed by atoms with Crippen molar-refractivity contribution in [1.82, 2.24) is 5.43 Å². The highest BCUT2D eigenvalue weighted by Gasteiger charge is 2.29. The van der Waals surface area contributed by atoms with Gasteiger partial charge in [-0.1, -0.05) is 35.7 Å². The molecule has 0 fully saturated rings. The number of aliphatic hydroxyl groups is 1. The van der Waals surface area contributed by atoms with Crippen molar-refractivity contribution < 1.29 is 9.84 Å². The van der Waals surface area contributed by atoms with Gasteiger partial charge < -0.3 is 9.84 Å². The van der Waals surface area contributed by atoms with E-state index < -0.39 is 6.10 Å². The summed E-state index contributed by atoms with van der Waals surface area (Å²) in [5.74, 6) is 3.89. The SMILES string of the molecule is CC#CNN(CC1=CCC(O)C(Cl)=C1)c1ccc(C#N)c(C2CC3=C(CCC=C3)O2)c1. The quantitative estimate of drug-likeness (QED) is 0.399. The van der Waals surface area contributed by atoms with Crippen molar-refractivity contribution in [2.24, 2.45) is 0 Å². The van der Waals surface area contributed by atoms with E-state index >= 15 is 0 Å². The summed E-state index contributed by atoms with van der Waals surface area (Å²) < 4.78 is 6.23.